The molecular formula is C14H22O. The van der Waals surface area contributed by atoms with Gasteiger partial charge in [-0.1, -0.05) is 58.9 Å². The molecule has 0 saturated heterocycles. The van der Waals surface area contributed by atoms with Crippen molar-refractivity contribution in [3.05, 3.63) is 35.4 Å². The Labute approximate surface area is 93.5 Å². The van der Waals surface area contributed by atoms with E-state index in [1.165, 1.54) is 5.56 Å². The zero-order valence-corrected chi connectivity index (χ0v) is 10.5. The van der Waals surface area contributed by atoms with Gasteiger partial charge in [-0.2, -0.15) is 0 Å². The number of hydrogen-bond donors (Lipinski definition) is 0. The number of carbonyl (C=O) groups excluding carboxylic acids is 1. The van der Waals surface area contributed by atoms with Crippen molar-refractivity contribution in [2.24, 2.45) is 0 Å². The van der Waals surface area contributed by atoms with Crippen molar-refractivity contribution in [3.63, 3.8) is 0 Å². The van der Waals surface area contributed by atoms with Gasteiger partial charge in [-0.05, 0) is 11.5 Å². The highest BCUT2D eigenvalue weighted by Gasteiger charge is 2.03. The monoisotopic (exact) mass is 206 g/mol. The lowest BCUT2D eigenvalue weighted by Crippen LogP contribution is -1.96. The molecule has 0 aliphatic heterocycles. The molecule has 1 aromatic carbocycles. The number of benzene rings is 1. The molecule has 0 bridgehead atoms. The molecule has 0 aliphatic carbocycles. The van der Waals surface area contributed by atoms with Crippen LogP contribution < -0.4 is 0 Å². The SMILES string of the molecule is CC.CCC(=O)c1ccc(C(C)C)cc1. The molecule has 0 radical (unpaired) electrons. The summed E-state index contributed by atoms with van der Waals surface area (Å²) >= 11 is 0. The van der Waals surface area contributed by atoms with Gasteiger partial charge in [-0.15, -0.1) is 0 Å². The Morgan fingerprint density at radius 1 is 1.13 bits per heavy atom. The van der Waals surface area contributed by atoms with Crippen molar-refractivity contribution in [1.29, 1.82) is 0 Å². The molecule has 0 N–H and O–H groups in total. The Morgan fingerprint density at radius 2 is 1.60 bits per heavy atom. The molecule has 0 aliphatic rings. The predicted octanol–water partition coefficient (Wildman–Crippen LogP) is 4.43. The fraction of sp³-hybridized carbons (Fsp3) is 0.500. The van der Waals surface area contributed by atoms with Crippen LogP contribution in [0.4, 0.5) is 0 Å². The lowest BCUT2D eigenvalue weighted by Gasteiger charge is -2.05. The topological polar surface area (TPSA) is 17.1 Å². The molecule has 1 heteroatoms. The maximum Gasteiger partial charge on any atom is 0.162 e. The van der Waals surface area contributed by atoms with E-state index in [0.29, 0.717) is 12.3 Å². The van der Waals surface area contributed by atoms with Crippen molar-refractivity contribution in [1.82, 2.24) is 0 Å². The molecule has 0 unspecified atom stereocenters. The molecule has 0 atom stereocenters. The molecule has 0 saturated carbocycles. The average molecular weight is 206 g/mol. The van der Waals surface area contributed by atoms with E-state index in [1.54, 1.807) is 0 Å². The van der Waals surface area contributed by atoms with Gasteiger partial charge >= 0.3 is 0 Å². The lowest BCUT2D eigenvalue weighted by molar-refractivity contribution is 0.0988. The minimum atomic E-state index is 0.218. The fourth-order valence-electron chi connectivity index (χ4n) is 1.26. The van der Waals surface area contributed by atoms with Crippen LogP contribution in [-0.4, -0.2) is 5.78 Å². The van der Waals surface area contributed by atoms with Gasteiger partial charge in [0.25, 0.3) is 0 Å². The minimum absolute atomic E-state index is 0.218. The maximum absolute atomic E-state index is 11.3. The molecule has 0 aromatic heterocycles. The lowest BCUT2D eigenvalue weighted by atomic mass is 10.00. The smallest absolute Gasteiger partial charge is 0.162 e. The molecule has 0 amide bonds. The third-order valence-electron chi connectivity index (χ3n) is 2.22. The van der Waals surface area contributed by atoms with Gasteiger partial charge in [0.2, 0.25) is 0 Å². The number of rotatable bonds is 3. The van der Waals surface area contributed by atoms with Crippen LogP contribution in [-0.2, 0) is 0 Å². The average Bonchev–Trinajstić information content (AvgIpc) is 2.31. The molecule has 1 rings (SSSR count). The zero-order valence-electron chi connectivity index (χ0n) is 10.5. The first-order valence-electron chi connectivity index (χ1n) is 5.78. The van der Waals surface area contributed by atoms with Gasteiger partial charge in [0.05, 0.1) is 0 Å². The molecule has 1 aromatic rings. The number of ketones is 1. The van der Waals surface area contributed by atoms with E-state index in [-0.39, 0.29) is 5.78 Å². The van der Waals surface area contributed by atoms with Gasteiger partial charge in [0.1, 0.15) is 0 Å². The van der Waals surface area contributed by atoms with E-state index >= 15 is 0 Å². The maximum atomic E-state index is 11.3. The summed E-state index contributed by atoms with van der Waals surface area (Å²) in [6, 6.07) is 7.91. The summed E-state index contributed by atoms with van der Waals surface area (Å²) < 4.78 is 0. The van der Waals surface area contributed by atoms with Crippen molar-refractivity contribution in [2.45, 2.75) is 47.0 Å². The van der Waals surface area contributed by atoms with E-state index in [1.807, 2.05) is 45.0 Å². The number of hydrogen-bond acceptors (Lipinski definition) is 1. The van der Waals surface area contributed by atoms with Crippen LogP contribution in [0.3, 0.4) is 0 Å². The molecule has 84 valence electrons. The first kappa shape index (κ1) is 13.9. The minimum Gasteiger partial charge on any atom is -0.294 e. The van der Waals surface area contributed by atoms with Gasteiger partial charge in [-0.3, -0.25) is 4.79 Å². The summed E-state index contributed by atoms with van der Waals surface area (Å²) in [4.78, 5) is 11.3. The van der Waals surface area contributed by atoms with Crippen LogP contribution in [0.5, 0.6) is 0 Å². The third kappa shape index (κ3) is 4.28. The summed E-state index contributed by atoms with van der Waals surface area (Å²) in [6.45, 7) is 10.2. The Bertz CT molecular complexity index is 283. The van der Waals surface area contributed by atoms with Gasteiger partial charge in [0.15, 0.2) is 5.78 Å². The first-order chi connectivity index (χ1) is 7.15. The quantitative estimate of drug-likeness (QED) is 0.669. The molecule has 0 fully saturated rings. The second-order valence-electron chi connectivity index (χ2n) is 3.55. The third-order valence-corrected chi connectivity index (χ3v) is 2.22. The number of carbonyl (C=O) groups is 1. The van der Waals surface area contributed by atoms with E-state index in [9.17, 15) is 4.79 Å². The van der Waals surface area contributed by atoms with Gasteiger partial charge in [0, 0.05) is 12.0 Å². The second kappa shape index (κ2) is 7.22. The highest BCUT2D eigenvalue weighted by molar-refractivity contribution is 5.95. The van der Waals surface area contributed by atoms with Crippen molar-refractivity contribution in [3.8, 4) is 0 Å². The summed E-state index contributed by atoms with van der Waals surface area (Å²) in [5, 5.41) is 0. The van der Waals surface area contributed by atoms with Crippen LogP contribution in [0.2, 0.25) is 0 Å². The molecular weight excluding hydrogens is 184 g/mol. The molecule has 0 spiro atoms. The van der Waals surface area contributed by atoms with Crippen LogP contribution in [0.15, 0.2) is 24.3 Å². The normalized spacial score (nSPS) is 9.47. The van der Waals surface area contributed by atoms with Crippen molar-refractivity contribution < 1.29 is 4.79 Å². The second-order valence-corrected chi connectivity index (χ2v) is 3.55. The van der Waals surface area contributed by atoms with Crippen LogP contribution >= 0.6 is 0 Å². The Morgan fingerprint density at radius 3 is 1.93 bits per heavy atom. The first-order valence-corrected chi connectivity index (χ1v) is 5.78. The van der Waals surface area contributed by atoms with Crippen LogP contribution in [0.1, 0.15) is 62.9 Å². The van der Waals surface area contributed by atoms with Crippen LogP contribution in [0, 0.1) is 0 Å². The number of Topliss-reactive ketones (excluding diaryl/α,β-unsaturated/α-hetero) is 1. The Kier molecular flexibility index (Phi) is 6.68. The van der Waals surface area contributed by atoms with E-state index in [2.05, 4.69) is 13.8 Å². The predicted molar refractivity (Wildman–Crippen MR) is 66.5 cm³/mol. The van der Waals surface area contributed by atoms with Gasteiger partial charge < -0.3 is 0 Å². The zero-order chi connectivity index (χ0) is 11.8. The molecule has 1 nitrogen and oxygen atoms in total. The summed E-state index contributed by atoms with van der Waals surface area (Å²) in [5.41, 5.74) is 2.11. The van der Waals surface area contributed by atoms with Crippen LogP contribution in [0.25, 0.3) is 0 Å². The summed E-state index contributed by atoms with van der Waals surface area (Å²) in [7, 11) is 0. The summed E-state index contributed by atoms with van der Waals surface area (Å²) in [6.07, 6.45) is 0.584. The largest absolute Gasteiger partial charge is 0.294 e. The highest BCUT2D eigenvalue weighted by Crippen LogP contribution is 2.15. The highest BCUT2D eigenvalue weighted by atomic mass is 16.1. The summed E-state index contributed by atoms with van der Waals surface area (Å²) in [5.74, 6) is 0.751. The standard InChI is InChI=1S/C12H16O.C2H6/c1-4-12(13)11-7-5-10(6-8-11)9(2)3;1-2/h5-9H,4H2,1-3H3;1-2H3. The molecule has 15 heavy (non-hydrogen) atoms. The Balaban J connectivity index is 0.000000921. The molecule has 0 heterocycles. The van der Waals surface area contributed by atoms with E-state index in [4.69, 9.17) is 0 Å². The van der Waals surface area contributed by atoms with Gasteiger partial charge in [-0.25, -0.2) is 0 Å². The fourth-order valence-corrected chi connectivity index (χ4v) is 1.26. The Hall–Kier alpha value is -1.11. The van der Waals surface area contributed by atoms with Crippen molar-refractivity contribution >= 4 is 5.78 Å². The van der Waals surface area contributed by atoms with Crippen molar-refractivity contribution in [2.75, 3.05) is 0 Å². The van der Waals surface area contributed by atoms with E-state index < -0.39 is 0 Å². The van der Waals surface area contributed by atoms with E-state index in [0.717, 1.165) is 5.56 Å².